The van der Waals surface area contributed by atoms with Crippen LogP contribution in [-0.2, 0) is 4.79 Å². The van der Waals surface area contributed by atoms with Gasteiger partial charge in [-0.15, -0.1) is 11.8 Å². The summed E-state index contributed by atoms with van der Waals surface area (Å²) in [7, 11) is 0. The zero-order chi connectivity index (χ0) is 7.56. The molecule has 1 unspecified atom stereocenters. The number of thioether (sulfide) groups is 1. The van der Waals surface area contributed by atoms with Crippen LogP contribution >= 0.6 is 11.8 Å². The molecule has 0 radical (unpaired) electrons. The normalized spacial score (nSPS) is 27.1. The van der Waals surface area contributed by atoms with E-state index < -0.39 is 5.97 Å². The van der Waals surface area contributed by atoms with Crippen LogP contribution in [0, 0.1) is 0 Å². The molecule has 0 aliphatic carbocycles. The van der Waals surface area contributed by atoms with Gasteiger partial charge in [0.2, 0.25) is 0 Å². The molecule has 1 atom stereocenters. The summed E-state index contributed by atoms with van der Waals surface area (Å²) in [6.07, 6.45) is 0. The molecule has 1 saturated heterocycles. The first-order valence-electron chi connectivity index (χ1n) is 3.30. The SMILES string of the molecule is CCN1CSCC1C(=O)O. The van der Waals surface area contributed by atoms with Crippen molar-refractivity contribution in [2.24, 2.45) is 0 Å². The van der Waals surface area contributed by atoms with Crippen molar-refractivity contribution in [3.63, 3.8) is 0 Å². The lowest BCUT2D eigenvalue weighted by molar-refractivity contribution is -0.141. The van der Waals surface area contributed by atoms with Crippen molar-refractivity contribution < 1.29 is 9.90 Å². The molecule has 0 aromatic rings. The largest absolute Gasteiger partial charge is 0.480 e. The Balaban J connectivity index is 2.50. The number of aliphatic carboxylic acids is 1. The van der Waals surface area contributed by atoms with E-state index in [1.54, 1.807) is 11.8 Å². The Hall–Kier alpha value is -0.220. The van der Waals surface area contributed by atoms with Gasteiger partial charge in [0, 0.05) is 11.6 Å². The van der Waals surface area contributed by atoms with Crippen LogP contribution in [0.4, 0.5) is 0 Å². The molecule has 0 bridgehead atoms. The predicted octanol–water partition coefficient (Wildman–Crippen LogP) is 0.466. The van der Waals surface area contributed by atoms with Gasteiger partial charge in [-0.2, -0.15) is 0 Å². The smallest absolute Gasteiger partial charge is 0.321 e. The van der Waals surface area contributed by atoms with E-state index in [0.29, 0.717) is 0 Å². The molecular formula is C6H11NO2S. The molecule has 0 aromatic heterocycles. The van der Waals surface area contributed by atoms with Gasteiger partial charge in [0.15, 0.2) is 0 Å². The third kappa shape index (κ3) is 1.44. The Morgan fingerprint density at radius 2 is 2.60 bits per heavy atom. The second-order valence-electron chi connectivity index (χ2n) is 2.26. The molecule has 58 valence electrons. The molecule has 1 rings (SSSR count). The van der Waals surface area contributed by atoms with Gasteiger partial charge < -0.3 is 5.11 Å². The van der Waals surface area contributed by atoms with Gasteiger partial charge in [0.25, 0.3) is 0 Å². The van der Waals surface area contributed by atoms with Crippen molar-refractivity contribution in [3.8, 4) is 0 Å². The Morgan fingerprint density at radius 1 is 1.90 bits per heavy atom. The second-order valence-corrected chi connectivity index (χ2v) is 3.26. The van der Waals surface area contributed by atoms with Gasteiger partial charge in [-0.1, -0.05) is 6.92 Å². The van der Waals surface area contributed by atoms with Gasteiger partial charge in [-0.05, 0) is 6.54 Å². The van der Waals surface area contributed by atoms with Crippen molar-refractivity contribution in [2.75, 3.05) is 18.2 Å². The topological polar surface area (TPSA) is 40.5 Å². The van der Waals surface area contributed by atoms with Crippen LogP contribution in [0.1, 0.15) is 6.92 Å². The van der Waals surface area contributed by atoms with Crippen molar-refractivity contribution in [1.29, 1.82) is 0 Å². The Labute approximate surface area is 64.4 Å². The summed E-state index contributed by atoms with van der Waals surface area (Å²) in [5.74, 6) is 0.920. The van der Waals surface area contributed by atoms with Crippen LogP contribution in [0.3, 0.4) is 0 Å². The molecule has 1 fully saturated rings. The molecular weight excluding hydrogens is 150 g/mol. The third-order valence-electron chi connectivity index (χ3n) is 1.66. The summed E-state index contributed by atoms with van der Waals surface area (Å²) in [6, 6.07) is -0.241. The summed E-state index contributed by atoms with van der Waals surface area (Å²) in [6.45, 7) is 2.83. The minimum Gasteiger partial charge on any atom is -0.480 e. The maximum absolute atomic E-state index is 10.5. The van der Waals surface area contributed by atoms with Crippen molar-refractivity contribution in [2.45, 2.75) is 13.0 Å². The summed E-state index contributed by atoms with van der Waals surface area (Å²) in [5, 5.41) is 8.66. The van der Waals surface area contributed by atoms with Gasteiger partial charge in [0.05, 0.1) is 0 Å². The fourth-order valence-corrected chi connectivity index (χ4v) is 2.30. The van der Waals surface area contributed by atoms with E-state index in [-0.39, 0.29) is 6.04 Å². The lowest BCUT2D eigenvalue weighted by Crippen LogP contribution is -2.37. The van der Waals surface area contributed by atoms with E-state index in [1.165, 1.54) is 0 Å². The van der Waals surface area contributed by atoms with Crippen molar-refractivity contribution >= 4 is 17.7 Å². The second kappa shape index (κ2) is 3.25. The number of likely N-dealkylation sites (N-methyl/N-ethyl adjacent to an activating group) is 1. The first-order valence-corrected chi connectivity index (χ1v) is 4.45. The van der Waals surface area contributed by atoms with E-state index in [4.69, 9.17) is 5.11 Å². The van der Waals surface area contributed by atoms with Crippen molar-refractivity contribution in [1.82, 2.24) is 4.90 Å². The van der Waals surface area contributed by atoms with Gasteiger partial charge in [-0.25, -0.2) is 0 Å². The zero-order valence-corrected chi connectivity index (χ0v) is 6.73. The number of carbonyl (C=O) groups is 1. The summed E-state index contributed by atoms with van der Waals surface area (Å²) < 4.78 is 0. The van der Waals surface area contributed by atoms with Crippen LogP contribution in [0.25, 0.3) is 0 Å². The lowest BCUT2D eigenvalue weighted by Gasteiger charge is -2.16. The van der Waals surface area contributed by atoms with Crippen LogP contribution in [0.15, 0.2) is 0 Å². The molecule has 0 amide bonds. The molecule has 1 aliphatic rings. The molecule has 1 N–H and O–H groups in total. The molecule has 4 heteroatoms. The molecule has 1 aliphatic heterocycles. The van der Waals surface area contributed by atoms with E-state index >= 15 is 0 Å². The highest BCUT2D eigenvalue weighted by Crippen LogP contribution is 2.19. The summed E-state index contributed by atoms with van der Waals surface area (Å²) >= 11 is 1.69. The Bertz CT molecular complexity index is 140. The number of carboxylic acids is 1. The number of carboxylic acid groups (broad SMARTS) is 1. The maximum atomic E-state index is 10.5. The van der Waals surface area contributed by atoms with Gasteiger partial charge >= 0.3 is 5.97 Å². The zero-order valence-electron chi connectivity index (χ0n) is 5.91. The minimum atomic E-state index is -0.688. The van der Waals surface area contributed by atoms with Crippen molar-refractivity contribution in [3.05, 3.63) is 0 Å². The van der Waals surface area contributed by atoms with Gasteiger partial charge in [0.1, 0.15) is 6.04 Å². The maximum Gasteiger partial charge on any atom is 0.321 e. The average molecular weight is 161 g/mol. The van der Waals surface area contributed by atoms with Crippen LogP contribution in [-0.4, -0.2) is 40.2 Å². The number of hydrogen-bond acceptors (Lipinski definition) is 3. The summed E-state index contributed by atoms with van der Waals surface area (Å²) in [4.78, 5) is 12.5. The van der Waals surface area contributed by atoms with Crippen LogP contribution < -0.4 is 0 Å². The Kier molecular flexibility index (Phi) is 2.56. The fourth-order valence-electron chi connectivity index (χ4n) is 1.02. The number of hydrogen-bond donors (Lipinski definition) is 1. The molecule has 0 saturated carbocycles. The quantitative estimate of drug-likeness (QED) is 0.639. The van der Waals surface area contributed by atoms with Gasteiger partial charge in [-0.3, -0.25) is 9.69 Å². The monoisotopic (exact) mass is 161 g/mol. The highest BCUT2D eigenvalue weighted by molar-refractivity contribution is 7.99. The minimum absolute atomic E-state index is 0.241. The Morgan fingerprint density at radius 3 is 3.00 bits per heavy atom. The van der Waals surface area contributed by atoms with E-state index in [0.717, 1.165) is 18.2 Å². The van der Waals surface area contributed by atoms with E-state index in [1.807, 2.05) is 11.8 Å². The molecule has 3 nitrogen and oxygen atoms in total. The fraction of sp³-hybridized carbons (Fsp3) is 0.833. The standard InChI is InChI=1S/C6H11NO2S/c1-2-7-4-10-3-5(7)6(8)9/h5H,2-4H2,1H3,(H,8,9). The first kappa shape index (κ1) is 7.88. The predicted molar refractivity (Wildman–Crippen MR) is 41.1 cm³/mol. The molecule has 0 aromatic carbocycles. The molecule has 0 spiro atoms. The lowest BCUT2D eigenvalue weighted by atomic mass is 10.3. The van der Waals surface area contributed by atoms with E-state index in [2.05, 4.69) is 0 Å². The number of nitrogens with zero attached hydrogens (tertiary/aromatic N) is 1. The average Bonchev–Trinajstić information content (AvgIpc) is 2.33. The highest BCUT2D eigenvalue weighted by atomic mass is 32.2. The van der Waals surface area contributed by atoms with E-state index in [9.17, 15) is 4.79 Å². The van der Waals surface area contributed by atoms with Crippen LogP contribution in [0.2, 0.25) is 0 Å². The molecule has 1 heterocycles. The number of rotatable bonds is 2. The molecule has 10 heavy (non-hydrogen) atoms. The third-order valence-corrected chi connectivity index (χ3v) is 2.73. The van der Waals surface area contributed by atoms with Crippen LogP contribution in [0.5, 0.6) is 0 Å². The summed E-state index contributed by atoms with van der Waals surface area (Å²) in [5.41, 5.74) is 0. The first-order chi connectivity index (χ1) is 4.75. The highest BCUT2D eigenvalue weighted by Gasteiger charge is 2.29.